The van der Waals surface area contributed by atoms with Crippen LogP contribution >= 0.6 is 12.6 Å². The van der Waals surface area contributed by atoms with Gasteiger partial charge in [0.15, 0.2) is 5.78 Å². The first kappa shape index (κ1) is 18.4. The number of ether oxygens (including phenoxy) is 1. The van der Waals surface area contributed by atoms with Crippen LogP contribution in [0.4, 0.5) is 0 Å². The molecule has 4 nitrogen and oxygen atoms in total. The molecule has 5 heteroatoms. The number of carbonyl (C=O) groups is 2. The molecule has 2 N–H and O–H groups in total. The standard InChI is InChI=1S/C14H27NO3S/c1-13(2,3)11(16)10(15)9(7-8-19)18-12(17)14(4,5)6/h9-10,19H,7-8,15H2,1-6H3. The lowest BCUT2D eigenvalue weighted by atomic mass is 9.84. The van der Waals surface area contributed by atoms with Crippen molar-refractivity contribution in [2.24, 2.45) is 16.6 Å². The van der Waals surface area contributed by atoms with E-state index < -0.39 is 23.0 Å². The molecule has 0 saturated carbocycles. The second-order valence-electron chi connectivity index (χ2n) is 6.85. The molecule has 0 heterocycles. The molecule has 0 aliphatic rings. The highest BCUT2D eigenvalue weighted by Crippen LogP contribution is 2.22. The van der Waals surface area contributed by atoms with Gasteiger partial charge in [-0.3, -0.25) is 9.59 Å². The van der Waals surface area contributed by atoms with Gasteiger partial charge >= 0.3 is 5.97 Å². The van der Waals surface area contributed by atoms with Gasteiger partial charge in [0, 0.05) is 5.41 Å². The van der Waals surface area contributed by atoms with Gasteiger partial charge in [-0.15, -0.1) is 0 Å². The summed E-state index contributed by atoms with van der Waals surface area (Å²) in [5, 5.41) is 0. The van der Waals surface area contributed by atoms with Gasteiger partial charge in [-0.2, -0.15) is 12.6 Å². The maximum absolute atomic E-state index is 12.2. The predicted molar refractivity (Wildman–Crippen MR) is 80.2 cm³/mol. The largest absolute Gasteiger partial charge is 0.460 e. The Morgan fingerprint density at radius 2 is 1.58 bits per heavy atom. The van der Waals surface area contributed by atoms with Gasteiger partial charge in [0.2, 0.25) is 0 Å². The van der Waals surface area contributed by atoms with Crippen LogP contribution in [0.3, 0.4) is 0 Å². The molecule has 0 rings (SSSR count). The van der Waals surface area contributed by atoms with Crippen LogP contribution in [0.15, 0.2) is 0 Å². The summed E-state index contributed by atoms with van der Waals surface area (Å²) in [4.78, 5) is 24.1. The molecular weight excluding hydrogens is 262 g/mol. The molecule has 112 valence electrons. The van der Waals surface area contributed by atoms with Crippen molar-refractivity contribution in [1.82, 2.24) is 0 Å². The summed E-state index contributed by atoms with van der Waals surface area (Å²) in [5.74, 6) is 0.0464. The van der Waals surface area contributed by atoms with Crippen molar-refractivity contribution in [3.8, 4) is 0 Å². The van der Waals surface area contributed by atoms with E-state index in [4.69, 9.17) is 10.5 Å². The molecule has 19 heavy (non-hydrogen) atoms. The molecule has 0 aromatic rings. The zero-order chi connectivity index (χ0) is 15.4. The van der Waals surface area contributed by atoms with Gasteiger partial charge in [0.1, 0.15) is 12.1 Å². The molecule has 0 amide bonds. The van der Waals surface area contributed by atoms with Crippen molar-refractivity contribution in [1.29, 1.82) is 0 Å². The average Bonchev–Trinajstić information content (AvgIpc) is 2.23. The first-order chi connectivity index (χ1) is 8.41. The Balaban J connectivity index is 4.92. The summed E-state index contributed by atoms with van der Waals surface area (Å²) in [6.07, 6.45) is -0.149. The third-order valence-corrected chi connectivity index (χ3v) is 2.99. The van der Waals surface area contributed by atoms with Crippen molar-refractivity contribution < 1.29 is 14.3 Å². The molecule has 0 fully saturated rings. The minimum absolute atomic E-state index is 0.110. The number of esters is 1. The third-order valence-electron chi connectivity index (χ3n) is 2.73. The van der Waals surface area contributed by atoms with Crippen LogP contribution in [0, 0.1) is 10.8 Å². The molecule has 0 aromatic carbocycles. The lowest BCUT2D eigenvalue weighted by molar-refractivity contribution is -0.161. The number of Topliss-reactive ketones (excluding diaryl/α,β-unsaturated/α-hetero) is 1. The third kappa shape index (κ3) is 5.95. The SMILES string of the molecule is CC(C)(C)C(=O)OC(CCS)C(N)C(=O)C(C)(C)C. The number of ketones is 1. The Labute approximate surface area is 121 Å². The fourth-order valence-corrected chi connectivity index (χ4v) is 1.68. The number of hydrogen-bond donors (Lipinski definition) is 2. The highest BCUT2D eigenvalue weighted by molar-refractivity contribution is 7.80. The van der Waals surface area contributed by atoms with Gasteiger partial charge in [0.05, 0.1) is 5.41 Å². The van der Waals surface area contributed by atoms with Crippen LogP contribution in [-0.4, -0.2) is 29.7 Å². The zero-order valence-electron chi connectivity index (χ0n) is 12.8. The van der Waals surface area contributed by atoms with Gasteiger partial charge < -0.3 is 10.5 Å². The van der Waals surface area contributed by atoms with Crippen molar-refractivity contribution >= 4 is 24.4 Å². The summed E-state index contributed by atoms with van der Waals surface area (Å²) < 4.78 is 5.40. The first-order valence-corrected chi connectivity index (χ1v) is 7.16. The minimum atomic E-state index is -0.807. The van der Waals surface area contributed by atoms with Gasteiger partial charge in [0.25, 0.3) is 0 Å². The Kier molecular flexibility index (Phi) is 6.55. The minimum Gasteiger partial charge on any atom is -0.460 e. The molecule has 0 radical (unpaired) electrons. The monoisotopic (exact) mass is 289 g/mol. The Bertz CT molecular complexity index is 329. The molecule has 0 aliphatic heterocycles. The van der Waals surface area contributed by atoms with Gasteiger partial charge in [-0.1, -0.05) is 20.8 Å². The number of nitrogens with two attached hydrogens (primary N) is 1. The Morgan fingerprint density at radius 1 is 1.11 bits per heavy atom. The fourth-order valence-electron chi connectivity index (χ4n) is 1.42. The second-order valence-corrected chi connectivity index (χ2v) is 7.29. The van der Waals surface area contributed by atoms with Gasteiger partial charge in [-0.25, -0.2) is 0 Å². The van der Waals surface area contributed by atoms with E-state index in [0.717, 1.165) is 0 Å². The molecule has 0 spiro atoms. The second kappa shape index (κ2) is 6.75. The van der Waals surface area contributed by atoms with Crippen molar-refractivity contribution in [2.75, 3.05) is 5.75 Å². The average molecular weight is 289 g/mol. The highest BCUT2D eigenvalue weighted by atomic mass is 32.1. The van der Waals surface area contributed by atoms with Gasteiger partial charge in [-0.05, 0) is 32.9 Å². The quantitative estimate of drug-likeness (QED) is 0.601. The fraction of sp³-hybridized carbons (Fsp3) is 0.857. The topological polar surface area (TPSA) is 69.4 Å². The van der Waals surface area contributed by atoms with Crippen molar-refractivity contribution in [2.45, 2.75) is 60.1 Å². The van der Waals surface area contributed by atoms with E-state index in [2.05, 4.69) is 12.6 Å². The summed E-state index contributed by atoms with van der Waals surface area (Å²) in [5.41, 5.74) is 4.80. The summed E-state index contributed by atoms with van der Waals surface area (Å²) in [6.45, 7) is 10.7. The molecule has 2 atom stereocenters. The summed E-state index contributed by atoms with van der Waals surface area (Å²) in [7, 11) is 0. The molecular formula is C14H27NO3S. The molecule has 2 unspecified atom stereocenters. The van der Waals surface area contributed by atoms with E-state index in [-0.39, 0.29) is 11.8 Å². The molecule has 0 saturated heterocycles. The molecule has 0 aromatic heterocycles. The number of hydrogen-bond acceptors (Lipinski definition) is 5. The van der Waals surface area contributed by atoms with E-state index in [0.29, 0.717) is 12.2 Å². The van der Waals surface area contributed by atoms with Crippen LogP contribution in [0.2, 0.25) is 0 Å². The van der Waals surface area contributed by atoms with E-state index in [1.54, 1.807) is 41.5 Å². The lowest BCUT2D eigenvalue weighted by Gasteiger charge is -2.30. The van der Waals surface area contributed by atoms with Crippen LogP contribution in [0.1, 0.15) is 48.0 Å². The van der Waals surface area contributed by atoms with Crippen LogP contribution in [-0.2, 0) is 14.3 Å². The first-order valence-electron chi connectivity index (χ1n) is 6.53. The highest BCUT2D eigenvalue weighted by Gasteiger charge is 2.36. The molecule has 0 aliphatic carbocycles. The smallest absolute Gasteiger partial charge is 0.311 e. The zero-order valence-corrected chi connectivity index (χ0v) is 13.7. The van der Waals surface area contributed by atoms with E-state index in [9.17, 15) is 9.59 Å². The normalized spacial score (nSPS) is 15.8. The number of rotatable bonds is 5. The summed E-state index contributed by atoms with van der Waals surface area (Å²) >= 11 is 4.13. The Morgan fingerprint density at radius 3 is 1.89 bits per heavy atom. The van der Waals surface area contributed by atoms with Crippen LogP contribution in [0.25, 0.3) is 0 Å². The van der Waals surface area contributed by atoms with Crippen LogP contribution in [0.5, 0.6) is 0 Å². The summed E-state index contributed by atoms with van der Waals surface area (Å²) in [6, 6.07) is -0.807. The van der Waals surface area contributed by atoms with Crippen molar-refractivity contribution in [3.05, 3.63) is 0 Å². The Hall–Kier alpha value is -0.550. The maximum atomic E-state index is 12.2. The number of thiol groups is 1. The van der Waals surface area contributed by atoms with E-state index >= 15 is 0 Å². The predicted octanol–water partition coefficient (Wildman–Crippen LogP) is 2.21. The van der Waals surface area contributed by atoms with Crippen LogP contribution < -0.4 is 5.73 Å². The van der Waals surface area contributed by atoms with E-state index in [1.807, 2.05) is 0 Å². The van der Waals surface area contributed by atoms with E-state index in [1.165, 1.54) is 0 Å². The molecule has 0 bridgehead atoms. The maximum Gasteiger partial charge on any atom is 0.311 e. The lowest BCUT2D eigenvalue weighted by Crippen LogP contribution is -2.49. The number of carbonyl (C=O) groups excluding carboxylic acids is 2. The van der Waals surface area contributed by atoms with Crippen molar-refractivity contribution in [3.63, 3.8) is 0 Å².